The summed E-state index contributed by atoms with van der Waals surface area (Å²) in [7, 11) is 0. The van der Waals surface area contributed by atoms with Crippen LogP contribution < -0.4 is 4.74 Å². The lowest BCUT2D eigenvalue weighted by atomic mass is 9.80. The van der Waals surface area contributed by atoms with Gasteiger partial charge in [-0.3, -0.25) is 0 Å². The van der Waals surface area contributed by atoms with Crippen molar-refractivity contribution in [3.05, 3.63) is 54.1 Å². The van der Waals surface area contributed by atoms with Gasteiger partial charge in [-0.05, 0) is 48.4 Å². The summed E-state index contributed by atoms with van der Waals surface area (Å²) >= 11 is 0. The molecule has 0 spiro atoms. The quantitative estimate of drug-likeness (QED) is 0.588. The third kappa shape index (κ3) is 4.59. The Labute approximate surface area is 149 Å². The summed E-state index contributed by atoms with van der Waals surface area (Å²) in [5.41, 5.74) is 1.40. The third-order valence-electron chi connectivity index (χ3n) is 5.19. The SMILES string of the molecule is CCC[C@H]1CC[C@H](COc2c(F)[c]ccc2-c2ccc(F)cc2)CC1. The molecule has 0 N–H and O–H groups in total. The second kappa shape index (κ2) is 8.46. The van der Waals surface area contributed by atoms with Crippen LogP contribution in [0.3, 0.4) is 0 Å². The normalized spacial score (nSPS) is 20.4. The molecule has 0 amide bonds. The van der Waals surface area contributed by atoms with Crippen LogP contribution in [0.4, 0.5) is 8.78 Å². The van der Waals surface area contributed by atoms with Gasteiger partial charge in [0.1, 0.15) is 5.82 Å². The molecule has 0 heterocycles. The lowest BCUT2D eigenvalue weighted by Crippen LogP contribution is -2.20. The number of benzene rings is 2. The average Bonchev–Trinajstić information content (AvgIpc) is 2.63. The molecule has 25 heavy (non-hydrogen) atoms. The number of hydrogen-bond acceptors (Lipinski definition) is 1. The molecule has 0 saturated heterocycles. The Hall–Kier alpha value is -1.90. The zero-order valence-corrected chi connectivity index (χ0v) is 14.7. The summed E-state index contributed by atoms with van der Waals surface area (Å²) in [6.07, 6.45) is 7.35. The maximum absolute atomic E-state index is 14.3. The van der Waals surface area contributed by atoms with Crippen molar-refractivity contribution in [2.75, 3.05) is 6.61 Å². The van der Waals surface area contributed by atoms with Crippen LogP contribution in [-0.4, -0.2) is 6.61 Å². The van der Waals surface area contributed by atoms with Crippen LogP contribution in [-0.2, 0) is 0 Å². The highest BCUT2D eigenvalue weighted by molar-refractivity contribution is 5.70. The summed E-state index contributed by atoms with van der Waals surface area (Å²) in [5.74, 6) is 0.760. The Balaban J connectivity index is 1.67. The maximum Gasteiger partial charge on any atom is 0.173 e. The standard InChI is InChI=1S/C22H25F2O/c1-2-4-16-7-9-17(10-8-16)15-25-22-20(5-3-6-21(22)24)18-11-13-19(23)14-12-18/h3,5,11-14,16-17H,2,4,7-10,15H2,1H3/t16-,17-. The molecule has 1 aliphatic carbocycles. The number of halogens is 2. The van der Waals surface area contributed by atoms with Crippen LogP contribution in [0.15, 0.2) is 36.4 Å². The highest BCUT2D eigenvalue weighted by atomic mass is 19.1. The summed E-state index contributed by atoms with van der Waals surface area (Å²) in [6, 6.07) is 11.9. The molecule has 3 heteroatoms. The molecule has 1 fully saturated rings. The van der Waals surface area contributed by atoms with Crippen LogP contribution in [0.25, 0.3) is 11.1 Å². The molecule has 1 nitrogen and oxygen atoms in total. The van der Waals surface area contributed by atoms with Crippen molar-refractivity contribution in [3.63, 3.8) is 0 Å². The minimum Gasteiger partial charge on any atom is -0.490 e. The highest BCUT2D eigenvalue weighted by Gasteiger charge is 2.22. The molecule has 0 aromatic heterocycles. The maximum atomic E-state index is 14.3. The van der Waals surface area contributed by atoms with Gasteiger partial charge in [0.25, 0.3) is 0 Å². The fourth-order valence-corrected chi connectivity index (χ4v) is 3.75. The Morgan fingerprint density at radius 3 is 2.36 bits per heavy atom. The first-order valence-corrected chi connectivity index (χ1v) is 9.26. The van der Waals surface area contributed by atoms with Gasteiger partial charge in [0, 0.05) is 11.6 Å². The molecule has 1 saturated carbocycles. The fraction of sp³-hybridized carbons (Fsp3) is 0.455. The lowest BCUT2D eigenvalue weighted by Gasteiger charge is -2.28. The number of ether oxygens (including phenoxy) is 1. The van der Waals surface area contributed by atoms with Crippen molar-refractivity contribution in [3.8, 4) is 16.9 Å². The van der Waals surface area contributed by atoms with E-state index in [9.17, 15) is 8.78 Å². The van der Waals surface area contributed by atoms with E-state index < -0.39 is 5.82 Å². The Morgan fingerprint density at radius 1 is 1.00 bits per heavy atom. The minimum atomic E-state index is -0.485. The van der Waals surface area contributed by atoms with E-state index in [1.165, 1.54) is 43.9 Å². The van der Waals surface area contributed by atoms with Crippen LogP contribution in [0.5, 0.6) is 5.75 Å². The van der Waals surface area contributed by atoms with Gasteiger partial charge >= 0.3 is 0 Å². The fourth-order valence-electron chi connectivity index (χ4n) is 3.75. The summed E-state index contributed by atoms with van der Waals surface area (Å²) in [5, 5.41) is 0. The minimum absolute atomic E-state index is 0.227. The molecule has 1 aliphatic rings. The molecule has 2 aromatic rings. The molecule has 1 radical (unpaired) electrons. The highest BCUT2D eigenvalue weighted by Crippen LogP contribution is 2.35. The lowest BCUT2D eigenvalue weighted by molar-refractivity contribution is 0.175. The van der Waals surface area contributed by atoms with E-state index in [1.54, 1.807) is 18.2 Å². The molecule has 3 rings (SSSR count). The Kier molecular flexibility index (Phi) is 6.06. The molecule has 2 aromatic carbocycles. The Bertz CT molecular complexity index is 673. The average molecular weight is 343 g/mol. The van der Waals surface area contributed by atoms with Gasteiger partial charge in [-0.2, -0.15) is 0 Å². The third-order valence-corrected chi connectivity index (χ3v) is 5.19. The molecular weight excluding hydrogens is 318 g/mol. The molecule has 0 aliphatic heterocycles. The summed E-state index contributed by atoms with van der Waals surface area (Å²) in [4.78, 5) is 0. The summed E-state index contributed by atoms with van der Waals surface area (Å²) in [6.45, 7) is 2.77. The van der Waals surface area contributed by atoms with E-state index in [0.29, 0.717) is 18.1 Å². The van der Waals surface area contributed by atoms with Crippen molar-refractivity contribution in [2.45, 2.75) is 45.4 Å². The van der Waals surface area contributed by atoms with E-state index >= 15 is 0 Å². The van der Waals surface area contributed by atoms with Gasteiger partial charge in [-0.15, -0.1) is 0 Å². The van der Waals surface area contributed by atoms with Crippen molar-refractivity contribution in [1.29, 1.82) is 0 Å². The van der Waals surface area contributed by atoms with Crippen molar-refractivity contribution in [2.24, 2.45) is 11.8 Å². The van der Waals surface area contributed by atoms with Crippen molar-refractivity contribution in [1.82, 2.24) is 0 Å². The predicted molar refractivity (Wildman–Crippen MR) is 96.5 cm³/mol. The topological polar surface area (TPSA) is 9.23 Å². The first-order valence-electron chi connectivity index (χ1n) is 9.26. The second-order valence-corrected chi connectivity index (χ2v) is 7.03. The molecule has 133 valence electrons. The monoisotopic (exact) mass is 343 g/mol. The second-order valence-electron chi connectivity index (χ2n) is 7.03. The number of rotatable bonds is 6. The van der Waals surface area contributed by atoms with Gasteiger partial charge < -0.3 is 4.74 Å². The van der Waals surface area contributed by atoms with Gasteiger partial charge in [0.2, 0.25) is 0 Å². The van der Waals surface area contributed by atoms with E-state index in [-0.39, 0.29) is 11.6 Å². The van der Waals surface area contributed by atoms with E-state index in [0.717, 1.165) is 24.3 Å². The van der Waals surface area contributed by atoms with Gasteiger partial charge in [-0.1, -0.05) is 50.8 Å². The predicted octanol–water partition coefficient (Wildman–Crippen LogP) is 6.42. The van der Waals surface area contributed by atoms with E-state index in [2.05, 4.69) is 13.0 Å². The molecule has 0 atom stereocenters. The van der Waals surface area contributed by atoms with Crippen molar-refractivity contribution < 1.29 is 13.5 Å². The van der Waals surface area contributed by atoms with Gasteiger partial charge in [0.05, 0.1) is 6.61 Å². The van der Waals surface area contributed by atoms with Gasteiger partial charge in [-0.25, -0.2) is 8.78 Å². The van der Waals surface area contributed by atoms with Crippen LogP contribution in [0.1, 0.15) is 45.4 Å². The van der Waals surface area contributed by atoms with Crippen molar-refractivity contribution >= 4 is 0 Å². The summed E-state index contributed by atoms with van der Waals surface area (Å²) < 4.78 is 33.3. The molecule has 0 bridgehead atoms. The Morgan fingerprint density at radius 2 is 1.68 bits per heavy atom. The zero-order chi connectivity index (χ0) is 17.6. The molecular formula is C22H25F2O. The first-order chi connectivity index (χ1) is 12.2. The number of hydrogen-bond donors (Lipinski definition) is 0. The van der Waals surface area contributed by atoms with Crippen LogP contribution >= 0.6 is 0 Å². The zero-order valence-electron chi connectivity index (χ0n) is 14.7. The van der Waals surface area contributed by atoms with Crippen LogP contribution in [0, 0.1) is 29.5 Å². The van der Waals surface area contributed by atoms with Gasteiger partial charge in [0.15, 0.2) is 11.6 Å². The largest absolute Gasteiger partial charge is 0.490 e. The van der Waals surface area contributed by atoms with Crippen LogP contribution in [0.2, 0.25) is 0 Å². The van der Waals surface area contributed by atoms with E-state index in [4.69, 9.17) is 4.74 Å². The first kappa shape index (κ1) is 17.9. The van der Waals surface area contributed by atoms with E-state index in [1.807, 2.05) is 0 Å². The molecule has 0 unspecified atom stereocenters. The smallest absolute Gasteiger partial charge is 0.173 e.